The van der Waals surface area contributed by atoms with Crippen LogP contribution in [-0.2, 0) is 0 Å². The zero-order valence-corrected chi connectivity index (χ0v) is 8.66. The molecule has 0 radical (unpaired) electrons. The van der Waals surface area contributed by atoms with Gasteiger partial charge in [0, 0.05) is 11.6 Å². The highest BCUT2D eigenvalue weighted by molar-refractivity contribution is 5.68. The molecular formula is C11H13FO3. The maximum absolute atomic E-state index is 12.4. The molecule has 0 heterocycles. The van der Waals surface area contributed by atoms with Crippen LogP contribution in [0.15, 0.2) is 24.5 Å². The Hall–Kier alpha value is -1.55. The minimum atomic E-state index is -0.368. The largest absolute Gasteiger partial charge is 0.497 e. The molecule has 3 nitrogen and oxygen atoms in total. The second kappa shape index (κ2) is 5.36. The molecule has 0 unspecified atom stereocenters. The van der Waals surface area contributed by atoms with Gasteiger partial charge in [-0.15, -0.1) is 0 Å². The predicted molar refractivity (Wildman–Crippen MR) is 55.7 cm³/mol. The van der Waals surface area contributed by atoms with Crippen molar-refractivity contribution in [1.82, 2.24) is 0 Å². The molecule has 1 rings (SSSR count). The summed E-state index contributed by atoms with van der Waals surface area (Å²) >= 11 is 0. The molecule has 0 fully saturated rings. The van der Waals surface area contributed by atoms with Crippen LogP contribution in [0, 0.1) is 0 Å². The molecule has 0 spiro atoms. The lowest BCUT2D eigenvalue weighted by molar-refractivity contribution is 0.348. The lowest BCUT2D eigenvalue weighted by atomic mass is 10.1. The van der Waals surface area contributed by atoms with Crippen LogP contribution in [0.5, 0.6) is 11.5 Å². The Balaban J connectivity index is 3.17. The summed E-state index contributed by atoms with van der Waals surface area (Å²) in [6, 6.07) is 4.94. The van der Waals surface area contributed by atoms with Crippen LogP contribution in [0.2, 0.25) is 0 Å². The highest BCUT2D eigenvalue weighted by Crippen LogP contribution is 2.26. The Morgan fingerprint density at radius 2 is 1.80 bits per heavy atom. The highest BCUT2D eigenvalue weighted by atomic mass is 19.1. The van der Waals surface area contributed by atoms with Crippen LogP contribution >= 0.6 is 0 Å². The first kappa shape index (κ1) is 11.5. The van der Waals surface area contributed by atoms with Crippen LogP contribution < -0.4 is 9.47 Å². The summed E-state index contributed by atoms with van der Waals surface area (Å²) in [6.07, 6.45) is 0.369. The fraction of sp³-hybridized carbons (Fsp3) is 0.273. The van der Waals surface area contributed by atoms with E-state index in [1.165, 1.54) is 14.2 Å². The van der Waals surface area contributed by atoms with Gasteiger partial charge in [0.05, 0.1) is 27.2 Å². The van der Waals surface area contributed by atoms with Crippen molar-refractivity contribution >= 4 is 5.57 Å². The molecule has 15 heavy (non-hydrogen) atoms. The number of rotatable bonds is 4. The minimum Gasteiger partial charge on any atom is -0.497 e. The van der Waals surface area contributed by atoms with Crippen molar-refractivity contribution in [1.29, 1.82) is 0 Å². The number of aliphatic hydroxyl groups excluding tert-OH is 1. The molecule has 0 bridgehead atoms. The van der Waals surface area contributed by atoms with Crippen molar-refractivity contribution in [3.05, 3.63) is 30.1 Å². The first-order valence-corrected chi connectivity index (χ1v) is 4.38. The van der Waals surface area contributed by atoms with E-state index in [-0.39, 0.29) is 12.2 Å². The van der Waals surface area contributed by atoms with Gasteiger partial charge in [-0.05, 0) is 17.7 Å². The SMILES string of the molecule is COc1cc(OC)cc(C(=CF)CO)c1. The molecule has 0 aliphatic heterocycles. The second-order valence-corrected chi connectivity index (χ2v) is 2.89. The number of aliphatic hydroxyl groups is 1. The van der Waals surface area contributed by atoms with Gasteiger partial charge in [0.15, 0.2) is 0 Å². The van der Waals surface area contributed by atoms with Gasteiger partial charge in [-0.25, -0.2) is 4.39 Å². The van der Waals surface area contributed by atoms with Gasteiger partial charge >= 0.3 is 0 Å². The molecule has 4 heteroatoms. The van der Waals surface area contributed by atoms with E-state index < -0.39 is 0 Å². The monoisotopic (exact) mass is 212 g/mol. The van der Waals surface area contributed by atoms with E-state index in [0.717, 1.165) is 0 Å². The van der Waals surface area contributed by atoms with Crippen LogP contribution in [0.1, 0.15) is 5.56 Å². The first-order valence-electron chi connectivity index (χ1n) is 4.38. The topological polar surface area (TPSA) is 38.7 Å². The van der Waals surface area contributed by atoms with Crippen molar-refractivity contribution in [2.24, 2.45) is 0 Å². The molecule has 82 valence electrons. The maximum atomic E-state index is 12.4. The van der Waals surface area contributed by atoms with E-state index in [9.17, 15) is 4.39 Å². The van der Waals surface area contributed by atoms with Gasteiger partial charge in [0.1, 0.15) is 11.5 Å². The highest BCUT2D eigenvalue weighted by Gasteiger charge is 2.05. The fourth-order valence-corrected chi connectivity index (χ4v) is 1.18. The van der Waals surface area contributed by atoms with Crippen LogP contribution in [-0.4, -0.2) is 25.9 Å². The number of hydrogen-bond acceptors (Lipinski definition) is 3. The minimum absolute atomic E-state index is 0.187. The molecule has 0 aliphatic carbocycles. The lowest BCUT2D eigenvalue weighted by Gasteiger charge is -2.08. The predicted octanol–water partition coefficient (Wildman–Crippen LogP) is 2.01. The third-order valence-electron chi connectivity index (χ3n) is 2.02. The molecule has 1 N–H and O–H groups in total. The molecule has 0 saturated heterocycles. The summed E-state index contributed by atoms with van der Waals surface area (Å²) in [5, 5.41) is 8.92. The summed E-state index contributed by atoms with van der Waals surface area (Å²) in [7, 11) is 3.02. The fourth-order valence-electron chi connectivity index (χ4n) is 1.18. The van der Waals surface area contributed by atoms with E-state index in [2.05, 4.69) is 0 Å². The van der Waals surface area contributed by atoms with Gasteiger partial charge in [-0.2, -0.15) is 0 Å². The van der Waals surface area contributed by atoms with Crippen molar-refractivity contribution in [3.8, 4) is 11.5 Å². The van der Waals surface area contributed by atoms with Crippen LogP contribution in [0.3, 0.4) is 0 Å². The van der Waals surface area contributed by atoms with E-state index >= 15 is 0 Å². The van der Waals surface area contributed by atoms with E-state index in [0.29, 0.717) is 23.4 Å². The summed E-state index contributed by atoms with van der Waals surface area (Å²) < 4.78 is 22.5. The zero-order valence-electron chi connectivity index (χ0n) is 8.66. The molecule has 0 aromatic heterocycles. The summed E-state index contributed by atoms with van der Waals surface area (Å²) in [5.41, 5.74) is 0.725. The average Bonchev–Trinajstić information content (AvgIpc) is 2.30. The van der Waals surface area contributed by atoms with E-state index in [4.69, 9.17) is 14.6 Å². The molecule has 0 aliphatic rings. The summed E-state index contributed by atoms with van der Waals surface area (Å²) in [6.45, 7) is -0.368. The molecular weight excluding hydrogens is 199 g/mol. The van der Waals surface area contributed by atoms with Gasteiger partial charge in [0.2, 0.25) is 0 Å². The van der Waals surface area contributed by atoms with Gasteiger partial charge in [0.25, 0.3) is 0 Å². The Bertz CT molecular complexity index is 339. The maximum Gasteiger partial charge on any atom is 0.123 e. The Kier molecular flexibility index (Phi) is 4.12. The number of benzene rings is 1. The first-order chi connectivity index (χ1) is 7.24. The van der Waals surface area contributed by atoms with Gasteiger partial charge < -0.3 is 14.6 Å². The zero-order chi connectivity index (χ0) is 11.3. The average molecular weight is 212 g/mol. The lowest BCUT2D eigenvalue weighted by Crippen LogP contribution is -1.93. The summed E-state index contributed by atoms with van der Waals surface area (Å²) in [5.74, 6) is 1.11. The second-order valence-electron chi connectivity index (χ2n) is 2.89. The van der Waals surface area contributed by atoms with Gasteiger partial charge in [-0.3, -0.25) is 0 Å². The Morgan fingerprint density at radius 1 is 1.27 bits per heavy atom. The smallest absolute Gasteiger partial charge is 0.123 e. The van der Waals surface area contributed by atoms with Crippen molar-refractivity contribution in [2.45, 2.75) is 0 Å². The molecule has 1 aromatic carbocycles. The number of methoxy groups -OCH3 is 2. The van der Waals surface area contributed by atoms with Gasteiger partial charge in [-0.1, -0.05) is 0 Å². The van der Waals surface area contributed by atoms with Crippen LogP contribution in [0.25, 0.3) is 5.57 Å². The molecule has 1 aromatic rings. The van der Waals surface area contributed by atoms with E-state index in [1.54, 1.807) is 18.2 Å². The van der Waals surface area contributed by atoms with E-state index in [1.807, 2.05) is 0 Å². The Labute approximate surface area is 87.8 Å². The quantitative estimate of drug-likeness (QED) is 0.829. The standard InChI is InChI=1S/C11H13FO3/c1-14-10-3-8(9(6-12)7-13)4-11(5-10)15-2/h3-6,13H,7H2,1-2H3. The number of hydrogen-bond donors (Lipinski definition) is 1. The Morgan fingerprint density at radius 3 is 2.13 bits per heavy atom. The summed E-state index contributed by atoms with van der Waals surface area (Å²) in [4.78, 5) is 0. The third kappa shape index (κ3) is 2.70. The van der Waals surface area contributed by atoms with Crippen molar-refractivity contribution in [3.63, 3.8) is 0 Å². The third-order valence-corrected chi connectivity index (χ3v) is 2.02. The normalized spacial score (nSPS) is 11.3. The van der Waals surface area contributed by atoms with Crippen LogP contribution in [0.4, 0.5) is 4.39 Å². The van der Waals surface area contributed by atoms with Crippen molar-refractivity contribution < 1.29 is 19.0 Å². The van der Waals surface area contributed by atoms with Crippen molar-refractivity contribution in [2.75, 3.05) is 20.8 Å². The number of halogens is 1. The molecule has 0 saturated carbocycles. The molecule has 0 atom stereocenters. The molecule has 0 amide bonds. The number of ether oxygens (including phenoxy) is 2.